The number of ketones is 1. The first-order chi connectivity index (χ1) is 4.74. The van der Waals surface area contributed by atoms with Gasteiger partial charge >= 0.3 is 0 Å². The molecule has 1 rings (SSSR count). The van der Waals surface area contributed by atoms with Crippen LogP contribution in [0.4, 0.5) is 0 Å². The molecule has 2 heteroatoms. The Labute approximate surface area is 60.6 Å². The number of carbonyl (C=O) groups is 1. The van der Waals surface area contributed by atoms with Crippen molar-refractivity contribution in [3.05, 3.63) is 11.6 Å². The van der Waals surface area contributed by atoms with Gasteiger partial charge in [0.1, 0.15) is 0 Å². The lowest BCUT2D eigenvalue weighted by Gasteiger charge is -2.14. The topological polar surface area (TPSA) is 37.3 Å². The van der Waals surface area contributed by atoms with Gasteiger partial charge in [0.25, 0.3) is 0 Å². The highest BCUT2D eigenvalue weighted by molar-refractivity contribution is 5.96. The normalized spacial score (nSPS) is 26.4. The van der Waals surface area contributed by atoms with Crippen molar-refractivity contribution >= 4 is 5.78 Å². The fraction of sp³-hybridized carbons (Fsp3) is 0.625. The fourth-order valence-electron chi connectivity index (χ4n) is 1.14. The Bertz CT molecular complexity index is 170. The highest BCUT2D eigenvalue weighted by Crippen LogP contribution is 2.19. The van der Waals surface area contributed by atoms with E-state index in [0.717, 1.165) is 6.42 Å². The van der Waals surface area contributed by atoms with Crippen molar-refractivity contribution in [1.82, 2.24) is 0 Å². The van der Waals surface area contributed by atoms with Gasteiger partial charge in [-0.1, -0.05) is 13.0 Å². The molecular formula is C8H12O2. The first kappa shape index (κ1) is 7.48. The van der Waals surface area contributed by atoms with Gasteiger partial charge in [-0.05, 0) is 12.3 Å². The monoisotopic (exact) mass is 140 g/mol. The molecule has 0 aromatic carbocycles. The summed E-state index contributed by atoms with van der Waals surface area (Å²) in [4.78, 5) is 11.0. The summed E-state index contributed by atoms with van der Waals surface area (Å²) in [6.07, 6.45) is 3.38. The first-order valence-corrected chi connectivity index (χ1v) is 3.57. The average molecular weight is 140 g/mol. The van der Waals surface area contributed by atoms with Crippen LogP contribution in [0.25, 0.3) is 0 Å². The molecule has 10 heavy (non-hydrogen) atoms. The highest BCUT2D eigenvalue weighted by Gasteiger charge is 2.17. The first-order valence-electron chi connectivity index (χ1n) is 3.57. The number of carbonyl (C=O) groups excluding carboxylic acids is 1. The lowest BCUT2D eigenvalue weighted by atomic mass is 9.90. The lowest BCUT2D eigenvalue weighted by Crippen LogP contribution is -2.15. The van der Waals surface area contributed by atoms with Gasteiger partial charge in [0.15, 0.2) is 5.78 Å². The third kappa shape index (κ3) is 1.45. The van der Waals surface area contributed by atoms with E-state index >= 15 is 0 Å². The quantitative estimate of drug-likeness (QED) is 0.587. The van der Waals surface area contributed by atoms with Crippen LogP contribution in [0.3, 0.4) is 0 Å². The maximum absolute atomic E-state index is 11.0. The van der Waals surface area contributed by atoms with Crippen LogP contribution in [0.1, 0.15) is 19.8 Å². The number of hydrogen-bond donors (Lipinski definition) is 1. The van der Waals surface area contributed by atoms with E-state index in [1.807, 2.05) is 13.0 Å². The Balaban J connectivity index is 2.66. The molecule has 0 radical (unpaired) electrons. The van der Waals surface area contributed by atoms with E-state index in [1.165, 1.54) is 0 Å². The minimum absolute atomic E-state index is 0.0917. The molecular weight excluding hydrogens is 128 g/mol. The molecule has 1 N–H and O–H groups in total. The number of hydrogen-bond acceptors (Lipinski definition) is 2. The maximum atomic E-state index is 11.0. The Morgan fingerprint density at radius 1 is 1.80 bits per heavy atom. The highest BCUT2D eigenvalue weighted by atomic mass is 16.3. The molecule has 0 bridgehead atoms. The molecule has 1 aliphatic carbocycles. The summed E-state index contributed by atoms with van der Waals surface area (Å²) < 4.78 is 0. The number of aliphatic hydroxyl groups excluding tert-OH is 1. The molecule has 0 aliphatic heterocycles. The van der Waals surface area contributed by atoms with Crippen molar-refractivity contribution in [1.29, 1.82) is 0 Å². The van der Waals surface area contributed by atoms with Crippen LogP contribution in [-0.4, -0.2) is 17.5 Å². The molecule has 0 spiro atoms. The van der Waals surface area contributed by atoms with Gasteiger partial charge in [0.05, 0.1) is 6.61 Å². The van der Waals surface area contributed by atoms with Crippen molar-refractivity contribution in [2.45, 2.75) is 19.8 Å². The van der Waals surface area contributed by atoms with Gasteiger partial charge in [-0.2, -0.15) is 0 Å². The molecule has 0 aromatic heterocycles. The molecule has 0 saturated heterocycles. The van der Waals surface area contributed by atoms with E-state index in [1.54, 1.807) is 0 Å². The van der Waals surface area contributed by atoms with Crippen LogP contribution in [0.5, 0.6) is 0 Å². The fourth-order valence-corrected chi connectivity index (χ4v) is 1.14. The van der Waals surface area contributed by atoms with Crippen molar-refractivity contribution in [2.24, 2.45) is 5.92 Å². The Hall–Kier alpha value is -0.630. The standard InChI is InChI=1S/C8H12O2/c1-6-2-3-7(5-9)8(10)4-6/h3,6,9H,2,4-5H2,1H3. The van der Waals surface area contributed by atoms with Gasteiger partial charge in [-0.3, -0.25) is 4.79 Å². The van der Waals surface area contributed by atoms with E-state index in [9.17, 15) is 4.79 Å². The second-order valence-corrected chi connectivity index (χ2v) is 2.86. The second-order valence-electron chi connectivity index (χ2n) is 2.86. The van der Waals surface area contributed by atoms with Gasteiger partial charge in [0.2, 0.25) is 0 Å². The van der Waals surface area contributed by atoms with E-state index in [-0.39, 0.29) is 12.4 Å². The van der Waals surface area contributed by atoms with E-state index in [2.05, 4.69) is 0 Å². The molecule has 0 amide bonds. The smallest absolute Gasteiger partial charge is 0.161 e. The van der Waals surface area contributed by atoms with E-state index in [0.29, 0.717) is 17.9 Å². The van der Waals surface area contributed by atoms with Crippen LogP contribution in [0, 0.1) is 5.92 Å². The largest absolute Gasteiger partial charge is 0.392 e. The van der Waals surface area contributed by atoms with Gasteiger partial charge < -0.3 is 5.11 Å². The van der Waals surface area contributed by atoms with E-state index in [4.69, 9.17) is 5.11 Å². The van der Waals surface area contributed by atoms with Crippen LogP contribution >= 0.6 is 0 Å². The molecule has 0 aromatic rings. The summed E-state index contributed by atoms with van der Waals surface area (Å²) in [5.74, 6) is 0.573. The Kier molecular flexibility index (Phi) is 2.22. The maximum Gasteiger partial charge on any atom is 0.161 e. The van der Waals surface area contributed by atoms with Gasteiger partial charge in [0, 0.05) is 12.0 Å². The summed E-state index contributed by atoms with van der Waals surface area (Å²) in [6, 6.07) is 0. The van der Waals surface area contributed by atoms with Gasteiger partial charge in [-0.25, -0.2) is 0 Å². The van der Waals surface area contributed by atoms with Crippen molar-refractivity contribution in [3.63, 3.8) is 0 Å². The average Bonchev–Trinajstić information content (AvgIpc) is 1.88. The number of aliphatic hydroxyl groups is 1. The third-order valence-corrected chi connectivity index (χ3v) is 1.83. The van der Waals surface area contributed by atoms with Crippen LogP contribution < -0.4 is 0 Å². The summed E-state index contributed by atoms with van der Waals surface area (Å²) in [7, 11) is 0. The summed E-state index contributed by atoms with van der Waals surface area (Å²) in [5, 5.41) is 8.66. The zero-order valence-electron chi connectivity index (χ0n) is 6.13. The molecule has 0 saturated carbocycles. The number of Topliss-reactive ketones (excluding diaryl/α,β-unsaturated/α-hetero) is 1. The minimum Gasteiger partial charge on any atom is -0.392 e. The molecule has 1 unspecified atom stereocenters. The van der Waals surface area contributed by atoms with Crippen molar-refractivity contribution < 1.29 is 9.90 Å². The number of rotatable bonds is 1. The molecule has 56 valence electrons. The van der Waals surface area contributed by atoms with Crippen molar-refractivity contribution in [3.8, 4) is 0 Å². The third-order valence-electron chi connectivity index (χ3n) is 1.83. The van der Waals surface area contributed by atoms with Gasteiger partial charge in [-0.15, -0.1) is 0 Å². The van der Waals surface area contributed by atoms with Crippen molar-refractivity contribution in [2.75, 3.05) is 6.61 Å². The number of allylic oxidation sites excluding steroid dienone is 1. The van der Waals surface area contributed by atoms with Crippen LogP contribution in [0.2, 0.25) is 0 Å². The molecule has 0 heterocycles. The summed E-state index contributed by atoms with van der Waals surface area (Å²) >= 11 is 0. The molecule has 2 nitrogen and oxygen atoms in total. The zero-order chi connectivity index (χ0) is 7.56. The Morgan fingerprint density at radius 3 is 3.00 bits per heavy atom. The SMILES string of the molecule is CC1CC=C(CO)C(=O)C1. The molecule has 1 aliphatic rings. The summed E-state index contributed by atoms with van der Waals surface area (Å²) in [5.41, 5.74) is 0.595. The molecule has 1 atom stereocenters. The minimum atomic E-state index is -0.0917. The molecule has 0 fully saturated rings. The predicted molar refractivity (Wildman–Crippen MR) is 38.6 cm³/mol. The Morgan fingerprint density at radius 2 is 2.50 bits per heavy atom. The van der Waals surface area contributed by atoms with Crippen LogP contribution in [-0.2, 0) is 4.79 Å². The summed E-state index contributed by atoms with van der Waals surface area (Å²) in [6.45, 7) is 1.95. The predicted octanol–water partition coefficient (Wildman–Crippen LogP) is 0.904. The van der Waals surface area contributed by atoms with E-state index < -0.39 is 0 Å². The second kappa shape index (κ2) is 2.97. The lowest BCUT2D eigenvalue weighted by molar-refractivity contribution is -0.117. The zero-order valence-corrected chi connectivity index (χ0v) is 6.13. The van der Waals surface area contributed by atoms with Crippen LogP contribution in [0.15, 0.2) is 11.6 Å².